The number of carboxylic acid groups (broad SMARTS) is 1. The Kier molecular flexibility index (Phi) is 8.36. The second-order valence-corrected chi connectivity index (χ2v) is 4.92. The van der Waals surface area contributed by atoms with Crippen molar-refractivity contribution in [3.63, 3.8) is 0 Å². The molecule has 86 valence electrons. The molecule has 0 aliphatic carbocycles. The van der Waals surface area contributed by atoms with Crippen LogP contribution in [0.3, 0.4) is 0 Å². The van der Waals surface area contributed by atoms with Crippen molar-refractivity contribution in [3.05, 3.63) is 13.9 Å². The Morgan fingerprint density at radius 3 is 2.20 bits per heavy atom. The summed E-state index contributed by atoms with van der Waals surface area (Å²) in [5.74, 6) is -0.693. The van der Waals surface area contributed by atoms with Gasteiger partial charge in [-0.25, -0.2) is 4.98 Å². The molecule has 0 spiro atoms. The van der Waals surface area contributed by atoms with Crippen LogP contribution in [-0.2, 0) is 4.79 Å². The van der Waals surface area contributed by atoms with Crippen molar-refractivity contribution in [2.24, 2.45) is 0 Å². The molecular formula is C8H11Br3N2O2. The lowest BCUT2D eigenvalue weighted by atomic mass is 10.3. The minimum atomic E-state index is -0.693. The third-order valence-electron chi connectivity index (χ3n) is 1.33. The highest BCUT2D eigenvalue weighted by Crippen LogP contribution is 2.21. The number of nitrogens with one attached hydrogen (secondary N) is 1. The molecule has 0 radical (unpaired) electrons. The zero-order valence-corrected chi connectivity index (χ0v) is 12.8. The molecule has 4 nitrogen and oxygen atoms in total. The summed E-state index contributed by atoms with van der Waals surface area (Å²) in [7, 11) is 0. The van der Waals surface area contributed by atoms with Gasteiger partial charge in [0.05, 0.1) is 0 Å². The van der Waals surface area contributed by atoms with Crippen molar-refractivity contribution in [2.75, 3.05) is 0 Å². The van der Waals surface area contributed by atoms with Gasteiger partial charge in [0.25, 0.3) is 0 Å². The van der Waals surface area contributed by atoms with Crippen LogP contribution in [0.15, 0.2) is 13.9 Å². The molecule has 1 rings (SSSR count). The van der Waals surface area contributed by atoms with Crippen LogP contribution in [0.4, 0.5) is 0 Å². The van der Waals surface area contributed by atoms with E-state index in [0.717, 1.165) is 26.8 Å². The SMILES string of the molecule is Brc1nc(Br)c(Br)[nH]1.CCCCC(=O)O. The van der Waals surface area contributed by atoms with Crippen molar-refractivity contribution in [3.8, 4) is 0 Å². The number of aliphatic carboxylic acids is 1. The van der Waals surface area contributed by atoms with Crippen LogP contribution in [0.2, 0.25) is 0 Å². The van der Waals surface area contributed by atoms with Crippen molar-refractivity contribution in [1.29, 1.82) is 0 Å². The Bertz CT molecular complexity index is 295. The molecule has 0 saturated heterocycles. The number of nitrogens with zero attached hydrogens (tertiary/aromatic N) is 1. The van der Waals surface area contributed by atoms with Crippen LogP contribution < -0.4 is 0 Å². The number of imidazole rings is 1. The van der Waals surface area contributed by atoms with Crippen LogP contribution in [0, 0.1) is 0 Å². The summed E-state index contributed by atoms with van der Waals surface area (Å²) < 4.78 is 2.35. The molecule has 1 aromatic rings. The van der Waals surface area contributed by atoms with Crippen molar-refractivity contribution >= 4 is 53.8 Å². The smallest absolute Gasteiger partial charge is 0.303 e. The molecule has 0 bridgehead atoms. The van der Waals surface area contributed by atoms with E-state index >= 15 is 0 Å². The fourth-order valence-corrected chi connectivity index (χ4v) is 2.07. The number of halogens is 3. The third kappa shape index (κ3) is 7.98. The van der Waals surface area contributed by atoms with Crippen LogP contribution >= 0.6 is 47.8 Å². The first kappa shape index (κ1) is 15.1. The average Bonchev–Trinajstić information content (AvgIpc) is 2.42. The van der Waals surface area contributed by atoms with E-state index in [2.05, 4.69) is 57.8 Å². The lowest BCUT2D eigenvalue weighted by molar-refractivity contribution is -0.137. The number of carboxylic acids is 1. The Balaban J connectivity index is 0.000000265. The molecule has 0 fully saturated rings. The molecule has 0 aromatic carbocycles. The van der Waals surface area contributed by atoms with Gasteiger partial charge >= 0.3 is 5.97 Å². The molecule has 0 unspecified atom stereocenters. The van der Waals surface area contributed by atoms with Gasteiger partial charge in [0.1, 0.15) is 9.21 Å². The molecule has 1 aromatic heterocycles. The monoisotopic (exact) mass is 404 g/mol. The van der Waals surface area contributed by atoms with E-state index < -0.39 is 5.97 Å². The van der Waals surface area contributed by atoms with Crippen LogP contribution in [0.1, 0.15) is 26.2 Å². The minimum absolute atomic E-state index is 0.316. The molecule has 1 heterocycles. The number of rotatable bonds is 3. The maximum absolute atomic E-state index is 9.76. The second kappa shape index (κ2) is 8.29. The minimum Gasteiger partial charge on any atom is -0.481 e. The quantitative estimate of drug-likeness (QED) is 0.798. The fourth-order valence-electron chi connectivity index (χ4n) is 0.633. The van der Waals surface area contributed by atoms with E-state index in [9.17, 15) is 4.79 Å². The highest BCUT2D eigenvalue weighted by molar-refractivity contribution is 9.13. The first-order chi connectivity index (χ1) is 6.97. The fraction of sp³-hybridized carbons (Fsp3) is 0.500. The Hall–Kier alpha value is 0.120. The summed E-state index contributed by atoms with van der Waals surface area (Å²) in [5, 5.41) is 8.04. The second-order valence-electron chi connectivity index (χ2n) is 2.63. The first-order valence-electron chi connectivity index (χ1n) is 4.25. The van der Waals surface area contributed by atoms with Gasteiger partial charge < -0.3 is 10.1 Å². The van der Waals surface area contributed by atoms with Gasteiger partial charge in [-0.1, -0.05) is 13.3 Å². The lowest BCUT2D eigenvalue weighted by Gasteiger charge is -1.85. The molecule has 7 heteroatoms. The Labute approximate surface area is 113 Å². The standard InChI is InChI=1S/C5H10O2.C3HBr3N2/c1-2-3-4-5(6)7;4-1-2(5)8-3(6)7-1/h2-4H2,1H3,(H,6,7);(H,7,8). The van der Waals surface area contributed by atoms with E-state index in [4.69, 9.17) is 5.11 Å². The van der Waals surface area contributed by atoms with Crippen molar-refractivity contribution in [1.82, 2.24) is 9.97 Å². The van der Waals surface area contributed by atoms with E-state index in [0.29, 0.717) is 6.42 Å². The van der Waals surface area contributed by atoms with Gasteiger partial charge in [0.15, 0.2) is 4.73 Å². The highest BCUT2D eigenvalue weighted by atomic mass is 79.9. The summed E-state index contributed by atoms with van der Waals surface area (Å²) in [5.41, 5.74) is 0. The zero-order valence-electron chi connectivity index (χ0n) is 8.06. The van der Waals surface area contributed by atoms with Crippen LogP contribution in [0.5, 0.6) is 0 Å². The molecule has 15 heavy (non-hydrogen) atoms. The van der Waals surface area contributed by atoms with E-state index in [1.807, 2.05) is 6.92 Å². The molecule has 2 N–H and O–H groups in total. The summed E-state index contributed by atoms with van der Waals surface area (Å²) in [6.45, 7) is 1.98. The highest BCUT2D eigenvalue weighted by Gasteiger charge is 1.99. The van der Waals surface area contributed by atoms with Crippen molar-refractivity contribution in [2.45, 2.75) is 26.2 Å². The summed E-state index contributed by atoms with van der Waals surface area (Å²) in [4.78, 5) is 16.6. The Morgan fingerprint density at radius 1 is 1.47 bits per heavy atom. The number of H-pyrrole nitrogens is 1. The van der Waals surface area contributed by atoms with Crippen LogP contribution in [-0.4, -0.2) is 21.0 Å². The van der Waals surface area contributed by atoms with E-state index in [1.54, 1.807) is 0 Å². The number of aromatic nitrogens is 2. The number of carbonyl (C=O) groups is 1. The largest absolute Gasteiger partial charge is 0.481 e. The van der Waals surface area contributed by atoms with Gasteiger partial charge in [0, 0.05) is 6.42 Å². The topological polar surface area (TPSA) is 66.0 Å². The zero-order chi connectivity index (χ0) is 11.8. The molecule has 0 amide bonds. The normalized spacial score (nSPS) is 9.33. The average molecular weight is 407 g/mol. The summed E-state index contributed by atoms with van der Waals surface area (Å²) in [6.07, 6.45) is 2.08. The third-order valence-corrected chi connectivity index (χ3v) is 3.39. The number of aromatic amines is 1. The maximum atomic E-state index is 9.76. The Morgan fingerprint density at radius 2 is 2.07 bits per heavy atom. The summed E-state index contributed by atoms with van der Waals surface area (Å²) >= 11 is 9.57. The lowest BCUT2D eigenvalue weighted by Crippen LogP contribution is -1.91. The van der Waals surface area contributed by atoms with Crippen LogP contribution in [0.25, 0.3) is 0 Å². The predicted octanol–water partition coefficient (Wildman–Crippen LogP) is 3.96. The number of unbranched alkanes of at least 4 members (excludes halogenated alkanes) is 1. The number of hydrogen-bond acceptors (Lipinski definition) is 2. The number of hydrogen-bond donors (Lipinski definition) is 2. The van der Waals surface area contributed by atoms with Gasteiger partial charge in [-0.15, -0.1) is 0 Å². The molecular weight excluding hydrogens is 396 g/mol. The van der Waals surface area contributed by atoms with Gasteiger partial charge in [-0.3, -0.25) is 4.79 Å². The molecule has 0 saturated carbocycles. The molecule has 0 aliphatic heterocycles. The van der Waals surface area contributed by atoms with Gasteiger partial charge in [0.2, 0.25) is 0 Å². The summed E-state index contributed by atoms with van der Waals surface area (Å²) in [6, 6.07) is 0. The van der Waals surface area contributed by atoms with Crippen molar-refractivity contribution < 1.29 is 9.90 Å². The molecule has 0 aliphatic rings. The van der Waals surface area contributed by atoms with Gasteiger partial charge in [-0.2, -0.15) is 0 Å². The maximum Gasteiger partial charge on any atom is 0.303 e. The van der Waals surface area contributed by atoms with E-state index in [1.165, 1.54) is 0 Å². The first-order valence-corrected chi connectivity index (χ1v) is 6.63. The van der Waals surface area contributed by atoms with E-state index in [-0.39, 0.29) is 0 Å². The molecule has 0 atom stereocenters. The predicted molar refractivity (Wildman–Crippen MR) is 68.8 cm³/mol. The van der Waals surface area contributed by atoms with Gasteiger partial charge in [-0.05, 0) is 54.2 Å².